The number of pyridine rings is 1. The molecule has 0 amide bonds. The molecule has 2 aromatic rings. The molecule has 1 aromatic heterocycles. The number of carbonyl (C=O) groups excluding carboxylic acids is 1. The first kappa shape index (κ1) is 28.6. The molecule has 0 aliphatic heterocycles. The lowest BCUT2D eigenvalue weighted by atomic mass is 9.86. The Morgan fingerprint density at radius 2 is 1.89 bits per heavy atom. The summed E-state index contributed by atoms with van der Waals surface area (Å²) in [6, 6.07) is 7.37. The summed E-state index contributed by atoms with van der Waals surface area (Å²) in [5.41, 5.74) is 4.81. The molecule has 1 heterocycles. The zero-order valence-electron chi connectivity index (χ0n) is 23.6. The molecule has 1 fully saturated rings. The predicted molar refractivity (Wildman–Crippen MR) is 150 cm³/mol. The van der Waals surface area contributed by atoms with Crippen LogP contribution in [0.4, 0.5) is 0 Å². The number of methoxy groups -OCH3 is 1. The fourth-order valence-corrected chi connectivity index (χ4v) is 5.16. The minimum Gasteiger partial charge on any atom is -0.481 e. The summed E-state index contributed by atoms with van der Waals surface area (Å²) in [4.78, 5) is 29.4. The van der Waals surface area contributed by atoms with Crippen molar-refractivity contribution >= 4 is 14.1 Å². The zero-order chi connectivity index (χ0) is 27.5. The summed E-state index contributed by atoms with van der Waals surface area (Å²) in [6.07, 6.45) is 4.60. The molecule has 1 aromatic carbocycles. The number of ether oxygens (including phenoxy) is 1. The number of aryl methyl sites for hydroxylation is 1. The first-order valence-corrected chi connectivity index (χ1v) is 16.1. The maximum absolute atomic E-state index is 14.1. The van der Waals surface area contributed by atoms with Crippen LogP contribution in [0.2, 0.25) is 18.1 Å². The molecule has 1 aliphatic rings. The van der Waals surface area contributed by atoms with Crippen LogP contribution in [0, 0.1) is 36.0 Å². The van der Waals surface area contributed by atoms with Crippen molar-refractivity contribution in [2.75, 3.05) is 7.11 Å². The minimum atomic E-state index is -2.30. The number of hydrogen-bond acceptors (Lipinski definition) is 5. The van der Waals surface area contributed by atoms with Crippen LogP contribution in [-0.4, -0.2) is 31.0 Å². The number of aromatic nitrogens is 1. The fraction of sp³-hybridized carbons (Fsp3) is 0.516. The number of hydrogen-bond donors (Lipinski definition) is 1. The highest BCUT2D eigenvalue weighted by Gasteiger charge is 2.37. The van der Waals surface area contributed by atoms with Crippen molar-refractivity contribution in [2.45, 2.75) is 90.8 Å². The van der Waals surface area contributed by atoms with Crippen molar-refractivity contribution in [3.63, 3.8) is 0 Å². The topological polar surface area (TPSA) is 83.2 Å². The summed E-state index contributed by atoms with van der Waals surface area (Å²) >= 11 is 0. The fourth-order valence-electron chi connectivity index (χ4n) is 4.43. The van der Waals surface area contributed by atoms with E-state index in [0.717, 1.165) is 29.7 Å². The van der Waals surface area contributed by atoms with E-state index in [1.165, 1.54) is 12.8 Å². The van der Waals surface area contributed by atoms with Crippen molar-refractivity contribution in [3.05, 3.63) is 57.3 Å². The van der Waals surface area contributed by atoms with Crippen molar-refractivity contribution in [3.8, 4) is 23.8 Å². The monoisotopic (exact) mass is 516 g/mol. The van der Waals surface area contributed by atoms with Crippen LogP contribution < -0.4 is 4.74 Å². The Kier molecular flexibility index (Phi) is 8.68. The Morgan fingerprint density at radius 1 is 1.24 bits per heavy atom. The van der Waals surface area contributed by atoms with Gasteiger partial charge in [-0.1, -0.05) is 39.5 Å². The summed E-state index contributed by atoms with van der Waals surface area (Å²) in [5.74, 6) is 7.37. The molecular formula is C31H40N2O3Si. The highest BCUT2D eigenvalue weighted by atomic mass is 28.4. The summed E-state index contributed by atoms with van der Waals surface area (Å²) < 4.78 is 5.62. The third-order valence-electron chi connectivity index (χ3n) is 7.78. The number of carbonyl (C=O) groups is 1. The number of ketones is 1. The first-order chi connectivity index (χ1) is 17.3. The van der Waals surface area contributed by atoms with Crippen LogP contribution in [0.25, 0.3) is 0 Å². The molecule has 0 unspecified atom stereocenters. The summed E-state index contributed by atoms with van der Waals surface area (Å²) in [7, 11) is -0.710. The highest BCUT2D eigenvalue weighted by molar-refractivity contribution is 6.72. The first-order valence-electron chi connectivity index (χ1n) is 13.2. The van der Waals surface area contributed by atoms with Crippen LogP contribution in [0.5, 0.6) is 5.88 Å². The Morgan fingerprint density at radius 3 is 2.43 bits per heavy atom. The summed E-state index contributed by atoms with van der Waals surface area (Å²) in [6.45, 7) is 14.1. The Bertz CT molecular complexity index is 1280. The normalized spacial score (nSPS) is 13.6. The minimum absolute atomic E-state index is 0.0426. The molecular weight excluding hydrogens is 476 g/mol. The maximum atomic E-state index is 14.1. The second-order valence-corrected chi connectivity index (χ2v) is 16.2. The lowest BCUT2D eigenvalue weighted by Gasteiger charge is -2.34. The van der Waals surface area contributed by atoms with Crippen molar-refractivity contribution in [2.24, 2.45) is 5.92 Å². The van der Waals surface area contributed by atoms with Crippen LogP contribution in [0.3, 0.4) is 0 Å². The molecule has 196 valence electrons. The standard InChI is InChI=1S/C31H40N2O3Si/c1-20(2)27-28(26(18-22-12-13-22)21(3)33-30(27)36-6)29(34)25-16-23(15-24(17-25)19-32)11-9-10-14-31(4,5)37(7,8)35/h15-17,20,22,35H,10,12-14,18H2,1-8H3. The largest absolute Gasteiger partial charge is 0.481 e. The van der Waals surface area contributed by atoms with Gasteiger partial charge in [-0.25, -0.2) is 4.98 Å². The van der Waals surface area contributed by atoms with Crippen molar-refractivity contribution in [1.29, 1.82) is 5.26 Å². The zero-order valence-corrected chi connectivity index (χ0v) is 24.6. The van der Waals surface area contributed by atoms with Gasteiger partial charge in [-0.15, -0.1) is 0 Å². The van der Waals surface area contributed by atoms with Gasteiger partial charge in [-0.2, -0.15) is 5.26 Å². The van der Waals surface area contributed by atoms with Crippen LogP contribution in [0.1, 0.15) is 103 Å². The molecule has 1 N–H and O–H groups in total. The molecule has 0 spiro atoms. The molecule has 0 radical (unpaired) electrons. The van der Waals surface area contributed by atoms with Gasteiger partial charge < -0.3 is 9.53 Å². The Hall–Kier alpha value is -2.93. The number of rotatable bonds is 9. The molecule has 5 nitrogen and oxygen atoms in total. The smallest absolute Gasteiger partial charge is 0.217 e. The van der Waals surface area contributed by atoms with Gasteiger partial charge >= 0.3 is 0 Å². The number of nitrogens with zero attached hydrogens (tertiary/aromatic N) is 2. The van der Waals surface area contributed by atoms with Gasteiger partial charge in [0.15, 0.2) is 14.1 Å². The van der Waals surface area contributed by atoms with Gasteiger partial charge in [0.25, 0.3) is 0 Å². The van der Waals surface area contributed by atoms with Gasteiger partial charge in [0, 0.05) is 34.4 Å². The van der Waals surface area contributed by atoms with E-state index in [9.17, 15) is 14.9 Å². The van der Waals surface area contributed by atoms with Gasteiger partial charge in [0.05, 0.1) is 18.7 Å². The van der Waals surface area contributed by atoms with Gasteiger partial charge in [0.2, 0.25) is 5.88 Å². The molecule has 37 heavy (non-hydrogen) atoms. The Balaban J connectivity index is 2.04. The van der Waals surface area contributed by atoms with Crippen LogP contribution in [0.15, 0.2) is 18.2 Å². The molecule has 1 saturated carbocycles. The molecule has 3 rings (SSSR count). The van der Waals surface area contributed by atoms with E-state index >= 15 is 0 Å². The molecule has 0 saturated heterocycles. The van der Waals surface area contributed by atoms with Crippen molar-refractivity contribution in [1.82, 2.24) is 4.98 Å². The average Bonchev–Trinajstić information content (AvgIpc) is 3.65. The maximum Gasteiger partial charge on any atom is 0.217 e. The van der Waals surface area contributed by atoms with E-state index in [1.54, 1.807) is 25.3 Å². The van der Waals surface area contributed by atoms with E-state index < -0.39 is 8.32 Å². The van der Waals surface area contributed by atoms with Crippen LogP contribution >= 0.6 is 0 Å². The summed E-state index contributed by atoms with van der Waals surface area (Å²) in [5, 5.41) is 9.54. The molecule has 6 heteroatoms. The van der Waals surface area contributed by atoms with Gasteiger partial charge in [-0.05, 0) is 86.3 Å². The van der Waals surface area contributed by atoms with E-state index in [-0.39, 0.29) is 16.7 Å². The van der Waals surface area contributed by atoms with Gasteiger partial charge in [-0.3, -0.25) is 4.79 Å². The third kappa shape index (κ3) is 6.69. The second-order valence-electron chi connectivity index (χ2n) is 11.8. The van der Waals surface area contributed by atoms with Crippen LogP contribution in [-0.2, 0) is 6.42 Å². The van der Waals surface area contributed by atoms with Crippen molar-refractivity contribution < 1.29 is 14.3 Å². The Labute approximate surface area is 223 Å². The number of nitriles is 1. The molecule has 1 aliphatic carbocycles. The average molecular weight is 517 g/mol. The lowest BCUT2D eigenvalue weighted by Crippen LogP contribution is -2.38. The third-order valence-corrected chi connectivity index (χ3v) is 11.3. The quantitative estimate of drug-likeness (QED) is 0.228. The number of benzene rings is 1. The SMILES string of the molecule is COc1nc(C)c(CC2CC2)c(C(=O)c2cc(C#N)cc(C#CCCC(C)(C)[Si](C)(C)O)c2)c1C(C)C. The van der Waals surface area contributed by atoms with E-state index in [4.69, 9.17) is 9.72 Å². The van der Waals surface area contributed by atoms with E-state index in [1.807, 2.05) is 33.9 Å². The highest BCUT2D eigenvalue weighted by Crippen LogP contribution is 2.40. The molecule has 0 atom stereocenters. The van der Waals surface area contributed by atoms with Gasteiger partial charge in [0.1, 0.15) is 0 Å². The second kappa shape index (κ2) is 11.2. The lowest BCUT2D eigenvalue weighted by molar-refractivity contribution is 0.103. The van der Waals surface area contributed by atoms with E-state index in [0.29, 0.717) is 40.5 Å². The molecule has 0 bridgehead atoms. The predicted octanol–water partition coefficient (Wildman–Crippen LogP) is 6.69. The van der Waals surface area contributed by atoms with E-state index in [2.05, 4.69) is 31.8 Å².